The van der Waals surface area contributed by atoms with Gasteiger partial charge in [0.05, 0.1) is 5.39 Å². The highest BCUT2D eigenvalue weighted by atomic mass is 16.3. The lowest BCUT2D eigenvalue weighted by Gasteiger charge is -2.02. The van der Waals surface area contributed by atoms with Gasteiger partial charge in [0.15, 0.2) is 0 Å². The zero-order chi connectivity index (χ0) is 10.3. The van der Waals surface area contributed by atoms with Crippen molar-refractivity contribution < 1.29 is 9.52 Å². The van der Waals surface area contributed by atoms with Gasteiger partial charge in [-0.1, -0.05) is 0 Å². The van der Waals surface area contributed by atoms with Crippen molar-refractivity contribution in [2.75, 3.05) is 5.73 Å². The van der Waals surface area contributed by atoms with Crippen molar-refractivity contribution in [1.29, 1.82) is 0 Å². The van der Waals surface area contributed by atoms with E-state index in [1.807, 2.05) is 0 Å². The standard InChI is InChI=1S/C10H9NO3/c1-5-9(11)10(13)7-3-2-6(12)4-8(7)14-5/h2-4,12H,11H2,1H3. The third kappa shape index (κ3) is 1.12. The molecule has 0 bridgehead atoms. The Morgan fingerprint density at radius 1 is 1.43 bits per heavy atom. The molecule has 3 N–H and O–H groups in total. The molecule has 72 valence electrons. The van der Waals surface area contributed by atoms with Crippen molar-refractivity contribution in [2.45, 2.75) is 6.92 Å². The number of phenolic OH excluding ortho intramolecular Hbond substituents is 1. The number of nitrogen functional groups attached to an aromatic ring is 1. The largest absolute Gasteiger partial charge is 0.508 e. The van der Waals surface area contributed by atoms with Gasteiger partial charge in [-0.3, -0.25) is 4.79 Å². The smallest absolute Gasteiger partial charge is 0.215 e. The summed E-state index contributed by atoms with van der Waals surface area (Å²) in [5, 5.41) is 9.57. The number of aryl methyl sites for hydroxylation is 1. The molecule has 0 saturated heterocycles. The molecule has 0 aliphatic carbocycles. The molecular formula is C10H9NO3. The predicted octanol–water partition coefficient (Wildman–Crippen LogP) is 1.39. The van der Waals surface area contributed by atoms with Gasteiger partial charge in [0, 0.05) is 6.07 Å². The van der Waals surface area contributed by atoms with E-state index in [-0.39, 0.29) is 16.9 Å². The normalized spacial score (nSPS) is 10.6. The molecule has 0 atom stereocenters. The minimum Gasteiger partial charge on any atom is -0.508 e. The molecule has 2 aromatic rings. The fraction of sp³-hybridized carbons (Fsp3) is 0.100. The highest BCUT2D eigenvalue weighted by molar-refractivity contribution is 5.80. The Balaban J connectivity index is 2.98. The molecule has 0 saturated carbocycles. The van der Waals surface area contributed by atoms with Crippen LogP contribution < -0.4 is 11.2 Å². The van der Waals surface area contributed by atoms with E-state index >= 15 is 0 Å². The van der Waals surface area contributed by atoms with Crippen LogP contribution in [-0.2, 0) is 0 Å². The lowest BCUT2D eigenvalue weighted by Crippen LogP contribution is -2.09. The van der Waals surface area contributed by atoms with Gasteiger partial charge >= 0.3 is 0 Å². The molecule has 0 aliphatic rings. The zero-order valence-electron chi connectivity index (χ0n) is 7.57. The second kappa shape index (κ2) is 2.77. The number of hydrogen-bond donors (Lipinski definition) is 2. The molecule has 1 aromatic carbocycles. The molecule has 0 fully saturated rings. The van der Waals surface area contributed by atoms with Crippen LogP contribution in [0.4, 0.5) is 5.69 Å². The first kappa shape index (κ1) is 8.62. The van der Waals surface area contributed by atoms with E-state index in [0.29, 0.717) is 16.7 Å². The summed E-state index contributed by atoms with van der Waals surface area (Å²) in [6.07, 6.45) is 0. The van der Waals surface area contributed by atoms with Crippen LogP contribution in [-0.4, -0.2) is 5.11 Å². The average Bonchev–Trinajstić information content (AvgIpc) is 2.14. The predicted molar refractivity (Wildman–Crippen MR) is 53.3 cm³/mol. The summed E-state index contributed by atoms with van der Waals surface area (Å²) in [4.78, 5) is 11.6. The minimum atomic E-state index is -0.260. The van der Waals surface area contributed by atoms with Crippen molar-refractivity contribution >= 4 is 16.7 Å². The Bertz CT molecular complexity index is 557. The van der Waals surface area contributed by atoms with Crippen LogP contribution in [0, 0.1) is 6.92 Å². The summed E-state index contributed by atoms with van der Waals surface area (Å²) in [5.41, 5.74) is 5.72. The maximum atomic E-state index is 11.6. The van der Waals surface area contributed by atoms with Crippen molar-refractivity contribution in [3.8, 4) is 5.75 Å². The molecule has 2 rings (SSSR count). The summed E-state index contributed by atoms with van der Waals surface area (Å²) in [6.45, 7) is 1.61. The number of hydrogen-bond acceptors (Lipinski definition) is 4. The first-order valence-electron chi connectivity index (χ1n) is 4.11. The van der Waals surface area contributed by atoms with Crippen molar-refractivity contribution in [1.82, 2.24) is 0 Å². The van der Waals surface area contributed by atoms with Crippen LogP contribution in [0.25, 0.3) is 11.0 Å². The van der Waals surface area contributed by atoms with Crippen molar-refractivity contribution in [3.05, 3.63) is 34.2 Å². The Morgan fingerprint density at radius 3 is 2.86 bits per heavy atom. The fourth-order valence-electron chi connectivity index (χ4n) is 1.31. The summed E-state index contributed by atoms with van der Waals surface area (Å²) >= 11 is 0. The molecular weight excluding hydrogens is 182 g/mol. The van der Waals surface area contributed by atoms with Crippen LogP contribution in [0.5, 0.6) is 5.75 Å². The average molecular weight is 191 g/mol. The van der Waals surface area contributed by atoms with Crippen LogP contribution >= 0.6 is 0 Å². The number of benzene rings is 1. The molecule has 4 nitrogen and oxygen atoms in total. The van der Waals surface area contributed by atoms with E-state index in [0.717, 1.165) is 0 Å². The highest BCUT2D eigenvalue weighted by Gasteiger charge is 2.08. The van der Waals surface area contributed by atoms with E-state index in [4.69, 9.17) is 10.2 Å². The van der Waals surface area contributed by atoms with Gasteiger partial charge in [0.1, 0.15) is 22.8 Å². The van der Waals surface area contributed by atoms with Crippen molar-refractivity contribution in [2.24, 2.45) is 0 Å². The Labute approximate surface area is 79.6 Å². The molecule has 14 heavy (non-hydrogen) atoms. The van der Waals surface area contributed by atoms with E-state index < -0.39 is 0 Å². The second-order valence-corrected chi connectivity index (χ2v) is 3.08. The van der Waals surface area contributed by atoms with Gasteiger partial charge in [-0.05, 0) is 19.1 Å². The lowest BCUT2D eigenvalue weighted by atomic mass is 10.2. The zero-order valence-corrected chi connectivity index (χ0v) is 7.57. The van der Waals surface area contributed by atoms with Gasteiger partial charge in [-0.15, -0.1) is 0 Å². The maximum Gasteiger partial charge on any atom is 0.215 e. The van der Waals surface area contributed by atoms with E-state index in [9.17, 15) is 9.90 Å². The number of nitrogens with two attached hydrogens (primary N) is 1. The molecule has 0 aliphatic heterocycles. The summed E-state index contributed by atoms with van der Waals surface area (Å²) in [5.74, 6) is 0.429. The minimum absolute atomic E-state index is 0.0600. The molecule has 0 amide bonds. The Morgan fingerprint density at radius 2 is 2.14 bits per heavy atom. The third-order valence-electron chi connectivity index (χ3n) is 2.10. The first-order chi connectivity index (χ1) is 6.59. The summed E-state index contributed by atoms with van der Waals surface area (Å²) in [7, 11) is 0. The number of rotatable bonds is 0. The number of anilines is 1. The summed E-state index contributed by atoms with van der Waals surface area (Å²) < 4.78 is 5.27. The molecule has 1 heterocycles. The quantitative estimate of drug-likeness (QED) is 0.659. The molecule has 0 unspecified atom stereocenters. The number of aromatic hydroxyl groups is 1. The van der Waals surface area contributed by atoms with Gasteiger partial charge in [-0.2, -0.15) is 0 Å². The van der Waals surface area contributed by atoms with E-state index in [2.05, 4.69) is 0 Å². The third-order valence-corrected chi connectivity index (χ3v) is 2.10. The van der Waals surface area contributed by atoms with Crippen LogP contribution in [0.3, 0.4) is 0 Å². The van der Waals surface area contributed by atoms with Crippen molar-refractivity contribution in [3.63, 3.8) is 0 Å². The Kier molecular flexibility index (Phi) is 1.70. The Hall–Kier alpha value is -1.97. The second-order valence-electron chi connectivity index (χ2n) is 3.08. The number of phenols is 1. The first-order valence-corrected chi connectivity index (χ1v) is 4.11. The van der Waals surface area contributed by atoms with Gasteiger partial charge in [0.25, 0.3) is 0 Å². The molecule has 1 aromatic heterocycles. The van der Waals surface area contributed by atoms with E-state index in [1.54, 1.807) is 6.92 Å². The van der Waals surface area contributed by atoms with Crippen LogP contribution in [0.15, 0.2) is 27.4 Å². The SMILES string of the molecule is Cc1oc2cc(O)ccc2c(=O)c1N. The van der Waals surface area contributed by atoms with E-state index in [1.165, 1.54) is 18.2 Å². The van der Waals surface area contributed by atoms with Gasteiger partial charge in [-0.25, -0.2) is 0 Å². The monoisotopic (exact) mass is 191 g/mol. The molecule has 0 radical (unpaired) electrons. The highest BCUT2D eigenvalue weighted by Crippen LogP contribution is 2.20. The fourth-order valence-corrected chi connectivity index (χ4v) is 1.31. The number of fused-ring (bicyclic) bond motifs is 1. The van der Waals surface area contributed by atoms with Crippen LogP contribution in [0.2, 0.25) is 0 Å². The van der Waals surface area contributed by atoms with Gasteiger partial charge in [0.2, 0.25) is 5.43 Å². The van der Waals surface area contributed by atoms with Gasteiger partial charge < -0.3 is 15.3 Å². The topological polar surface area (TPSA) is 76.5 Å². The molecule has 0 spiro atoms. The summed E-state index contributed by atoms with van der Waals surface area (Å²) in [6, 6.07) is 4.31. The maximum absolute atomic E-state index is 11.6. The van der Waals surface area contributed by atoms with Crippen LogP contribution in [0.1, 0.15) is 5.76 Å². The lowest BCUT2D eigenvalue weighted by molar-refractivity contribution is 0.473. The molecule has 4 heteroatoms.